The molecule has 0 unspecified atom stereocenters. The third-order valence-electron chi connectivity index (χ3n) is 8.66. The minimum absolute atomic E-state index is 0.00708. The second-order valence-corrected chi connectivity index (χ2v) is 11.1. The second kappa shape index (κ2) is 9.51. The average Bonchev–Trinajstić information content (AvgIpc) is 3.77. The van der Waals surface area contributed by atoms with Crippen molar-refractivity contribution in [1.82, 2.24) is 9.55 Å². The topological polar surface area (TPSA) is 17.8 Å². The SMILES string of the molecule is [2H]c1c([2H])c([2H])c2c(-c3ccc4c(c3)C(C([2H])([2H])[2H])(C([2H])([2H])[2H])c3ccccc3-4)c3c([2H])c([2H])c([2H])c([2H])c3c(-c3cccc(-n4c(C([2H])([2H])[2H])nc5ccccc54)c3)c2c1[2H]. The van der Waals surface area contributed by atoms with Gasteiger partial charge in [-0.2, -0.15) is 0 Å². The van der Waals surface area contributed by atoms with E-state index in [9.17, 15) is 5.48 Å². The van der Waals surface area contributed by atoms with Crippen LogP contribution in [0.3, 0.4) is 0 Å². The summed E-state index contributed by atoms with van der Waals surface area (Å²) >= 11 is 0. The summed E-state index contributed by atoms with van der Waals surface area (Å²) in [5.41, 5.74) is -0.630. The molecule has 0 radical (unpaired) electrons. The fourth-order valence-electron chi connectivity index (χ4n) is 6.73. The summed E-state index contributed by atoms with van der Waals surface area (Å²) in [4.78, 5) is 4.41. The molecular weight excluding hydrogens is 544 g/mol. The smallest absolute Gasteiger partial charge is 0.111 e. The molecule has 0 saturated carbocycles. The lowest BCUT2D eigenvalue weighted by atomic mass is 9.80. The van der Waals surface area contributed by atoms with Crippen LogP contribution in [0.1, 0.15) is 54.0 Å². The lowest BCUT2D eigenvalue weighted by Crippen LogP contribution is -2.14. The zero-order chi connectivity index (χ0) is 44.7. The van der Waals surface area contributed by atoms with Crippen LogP contribution in [0.4, 0.5) is 0 Å². The number of benzene rings is 7. The largest absolute Gasteiger partial charge is 0.297 e. The summed E-state index contributed by atoms with van der Waals surface area (Å²) < 4.78 is 152. The third kappa shape index (κ3) is 3.72. The average molecular weight is 594 g/mol. The standard InChI is InChI=1S/C43H32N2/c1-27-44-39-21-10-11-22-40(39)45(27)30-14-12-13-28(25-30)41-33-16-4-6-18-35(33)42(36-19-7-5-17-34(36)41)29-23-24-32-31-15-8-9-20-37(31)43(2,3)38(32)26-29/h4-26H,1-3H3/i1D3,2D3,3D3,4D,5D,6D,7D,16D,17D,18D,19D. The first-order valence-electron chi connectivity index (χ1n) is 22.8. The highest BCUT2D eigenvalue weighted by molar-refractivity contribution is 6.21. The van der Waals surface area contributed by atoms with E-state index >= 15 is 0 Å². The number of aryl methyl sites for hydroxylation is 1. The molecule has 0 N–H and O–H groups in total. The molecule has 9 rings (SSSR count). The predicted octanol–water partition coefficient (Wildman–Crippen LogP) is 11.3. The Kier molecular flexibility index (Phi) is 2.98. The Labute approximate surface area is 287 Å². The Hall–Kier alpha value is -5.47. The van der Waals surface area contributed by atoms with Gasteiger partial charge in [-0.1, -0.05) is 123 Å². The van der Waals surface area contributed by atoms with Crippen LogP contribution in [0, 0.1) is 6.85 Å². The molecule has 214 valence electrons. The zero-order valence-electron chi connectivity index (χ0n) is 40.6. The minimum atomic E-state index is -3.15. The molecule has 0 spiro atoms. The van der Waals surface area contributed by atoms with E-state index in [0.29, 0.717) is 27.8 Å². The van der Waals surface area contributed by atoms with Gasteiger partial charge >= 0.3 is 0 Å². The van der Waals surface area contributed by atoms with Crippen molar-refractivity contribution < 1.29 is 23.3 Å². The van der Waals surface area contributed by atoms with Crippen molar-refractivity contribution in [3.05, 3.63) is 156 Å². The molecule has 2 nitrogen and oxygen atoms in total. The predicted molar refractivity (Wildman–Crippen MR) is 189 cm³/mol. The van der Waals surface area contributed by atoms with Crippen molar-refractivity contribution in [1.29, 1.82) is 0 Å². The van der Waals surface area contributed by atoms with E-state index in [4.69, 9.17) is 17.8 Å². The number of nitrogens with zero attached hydrogens (tertiary/aromatic N) is 2. The highest BCUT2D eigenvalue weighted by Gasteiger charge is 2.35. The maximum absolute atomic E-state index is 9.41. The van der Waals surface area contributed by atoms with E-state index in [2.05, 4.69) is 4.98 Å². The zero-order valence-corrected chi connectivity index (χ0v) is 23.6. The van der Waals surface area contributed by atoms with E-state index in [1.54, 1.807) is 66.7 Å². The van der Waals surface area contributed by atoms with Gasteiger partial charge in [-0.15, -0.1) is 0 Å². The van der Waals surface area contributed by atoms with Gasteiger partial charge in [0.05, 0.1) is 22.0 Å². The molecule has 0 bridgehead atoms. The fourth-order valence-corrected chi connectivity index (χ4v) is 6.73. The van der Waals surface area contributed by atoms with Gasteiger partial charge in [0.1, 0.15) is 5.82 Å². The Morgan fingerprint density at radius 2 is 1.27 bits per heavy atom. The molecule has 0 aliphatic heterocycles. The molecule has 8 aromatic rings. The summed E-state index contributed by atoms with van der Waals surface area (Å²) in [5, 5.41) is -0.633. The minimum Gasteiger partial charge on any atom is -0.297 e. The molecule has 2 heteroatoms. The molecule has 0 saturated heterocycles. The first-order valence-corrected chi connectivity index (χ1v) is 14.3. The quantitative estimate of drug-likeness (QED) is 0.186. The highest BCUT2D eigenvalue weighted by Crippen LogP contribution is 2.51. The number of hydrogen-bond acceptors (Lipinski definition) is 1. The van der Waals surface area contributed by atoms with Crippen LogP contribution in [-0.4, -0.2) is 9.55 Å². The van der Waals surface area contributed by atoms with Gasteiger partial charge in [0, 0.05) is 23.4 Å². The van der Waals surface area contributed by atoms with Crippen molar-refractivity contribution >= 4 is 32.6 Å². The maximum Gasteiger partial charge on any atom is 0.111 e. The molecular formula is C43H32N2. The van der Waals surface area contributed by atoms with E-state index in [1.807, 2.05) is 0 Å². The summed E-state index contributed by atoms with van der Waals surface area (Å²) in [6.07, 6.45) is 0. The maximum atomic E-state index is 9.41. The lowest BCUT2D eigenvalue weighted by molar-refractivity contribution is 0.660. The van der Waals surface area contributed by atoms with E-state index in [0.717, 1.165) is 0 Å². The Morgan fingerprint density at radius 3 is 1.98 bits per heavy atom. The number of rotatable bonds is 3. The molecule has 0 amide bonds. The first-order chi connectivity index (χ1) is 29.0. The van der Waals surface area contributed by atoms with Crippen LogP contribution in [0.2, 0.25) is 0 Å². The van der Waals surface area contributed by atoms with Crippen molar-refractivity contribution in [2.75, 3.05) is 0 Å². The Balaban J connectivity index is 1.47. The van der Waals surface area contributed by atoms with Crippen LogP contribution in [0.5, 0.6) is 0 Å². The number of hydrogen-bond donors (Lipinski definition) is 0. The molecule has 1 aliphatic rings. The Bertz CT molecular complexity index is 3150. The van der Waals surface area contributed by atoms with Crippen LogP contribution < -0.4 is 0 Å². The van der Waals surface area contributed by atoms with E-state index < -0.39 is 74.3 Å². The van der Waals surface area contributed by atoms with Crippen LogP contribution in [0.25, 0.3) is 71.6 Å². The van der Waals surface area contributed by atoms with Gasteiger partial charge in [-0.25, -0.2) is 4.98 Å². The molecule has 0 fully saturated rings. The summed E-state index contributed by atoms with van der Waals surface area (Å²) in [5.74, 6) is -0.256. The van der Waals surface area contributed by atoms with Gasteiger partial charge in [-0.05, 0) is 103 Å². The van der Waals surface area contributed by atoms with E-state index in [-0.39, 0.29) is 60.8 Å². The van der Waals surface area contributed by atoms with Gasteiger partial charge in [-0.3, -0.25) is 4.57 Å². The van der Waals surface area contributed by atoms with Crippen LogP contribution in [-0.2, 0) is 5.41 Å². The highest BCUT2D eigenvalue weighted by atomic mass is 15.1. The normalized spacial score (nSPS) is 19.7. The van der Waals surface area contributed by atoms with Crippen molar-refractivity contribution in [3.8, 4) is 39.1 Å². The molecule has 1 aromatic heterocycles. The van der Waals surface area contributed by atoms with Gasteiger partial charge < -0.3 is 0 Å². The van der Waals surface area contributed by atoms with Crippen molar-refractivity contribution in [2.45, 2.75) is 26.0 Å². The summed E-state index contributed by atoms with van der Waals surface area (Å²) in [7, 11) is 0. The first kappa shape index (κ1) is 14.1. The monoisotopic (exact) mass is 593 g/mol. The fraction of sp³-hybridized carbons (Fsp3) is 0.0930. The molecule has 0 atom stereocenters. The number of para-hydroxylation sites is 2. The van der Waals surface area contributed by atoms with Gasteiger partial charge in [0.25, 0.3) is 0 Å². The molecule has 7 aromatic carbocycles. The number of imidazole rings is 1. The summed E-state index contributed by atoms with van der Waals surface area (Å²) in [6, 6.07) is 19.0. The van der Waals surface area contributed by atoms with Crippen molar-refractivity contribution in [3.63, 3.8) is 0 Å². The van der Waals surface area contributed by atoms with Gasteiger partial charge in [0.15, 0.2) is 0 Å². The number of aromatic nitrogens is 2. The van der Waals surface area contributed by atoms with Gasteiger partial charge in [0.2, 0.25) is 0 Å². The third-order valence-corrected chi connectivity index (χ3v) is 8.66. The molecule has 1 heterocycles. The summed E-state index contributed by atoms with van der Waals surface area (Å²) in [6.45, 7) is -8.98. The number of fused-ring (bicyclic) bond motifs is 6. The molecule has 1 aliphatic carbocycles. The van der Waals surface area contributed by atoms with Crippen molar-refractivity contribution in [2.24, 2.45) is 0 Å². The second-order valence-electron chi connectivity index (χ2n) is 11.1. The van der Waals surface area contributed by atoms with E-state index in [1.165, 1.54) is 28.8 Å². The Morgan fingerprint density at radius 1 is 0.622 bits per heavy atom. The van der Waals surface area contributed by atoms with Crippen LogP contribution in [0.15, 0.2) is 139 Å². The molecule has 45 heavy (non-hydrogen) atoms. The lowest BCUT2D eigenvalue weighted by Gasteiger charge is -2.23. The van der Waals surface area contributed by atoms with Crippen LogP contribution >= 0.6 is 0 Å².